The second kappa shape index (κ2) is 7.35. The lowest BCUT2D eigenvalue weighted by Crippen LogP contribution is -2.17. The van der Waals surface area contributed by atoms with Gasteiger partial charge in [-0.15, -0.1) is 0 Å². The maximum Gasteiger partial charge on any atom is 0.514 e. The molecule has 0 unspecified atom stereocenters. The van der Waals surface area contributed by atoms with Gasteiger partial charge in [-0.25, -0.2) is 4.79 Å². The Labute approximate surface area is 133 Å². The first kappa shape index (κ1) is 16.4. The molecule has 2 aromatic rings. The largest absolute Gasteiger partial charge is 0.514 e. The first-order valence-corrected chi connectivity index (χ1v) is 7.02. The van der Waals surface area contributed by atoms with Gasteiger partial charge >= 0.3 is 6.16 Å². The van der Waals surface area contributed by atoms with E-state index in [-0.39, 0.29) is 28.5 Å². The highest BCUT2D eigenvalue weighted by Crippen LogP contribution is 2.23. The van der Waals surface area contributed by atoms with Crippen LogP contribution in [0.1, 0.15) is 35.3 Å². The van der Waals surface area contributed by atoms with Crippen LogP contribution in [0, 0.1) is 0 Å². The molecule has 0 bridgehead atoms. The number of para-hydroxylation sites is 1. The van der Waals surface area contributed by atoms with Crippen molar-refractivity contribution in [2.75, 3.05) is 0 Å². The normalized spacial score (nSPS) is 10.2. The third-order valence-electron chi connectivity index (χ3n) is 2.94. The van der Waals surface area contributed by atoms with Crippen molar-refractivity contribution >= 4 is 18.2 Å². The summed E-state index contributed by atoms with van der Waals surface area (Å²) in [4.78, 5) is 35.2. The van der Waals surface area contributed by atoms with Crippen LogP contribution in [0.25, 0.3) is 0 Å². The van der Waals surface area contributed by atoms with Gasteiger partial charge in [-0.05, 0) is 26.0 Å². The van der Waals surface area contributed by atoms with Crippen LogP contribution in [-0.4, -0.2) is 24.3 Å². The van der Waals surface area contributed by atoms with E-state index in [9.17, 15) is 14.4 Å². The van der Waals surface area contributed by atoms with E-state index >= 15 is 0 Å². The number of carbonyl (C=O) groups is 2. The summed E-state index contributed by atoms with van der Waals surface area (Å²) in [5.41, 5.74) is 0.503. The highest BCUT2D eigenvalue weighted by molar-refractivity contribution is 6.14. The Hall–Kier alpha value is -2.95. The summed E-state index contributed by atoms with van der Waals surface area (Å²) in [6, 6.07) is 12.6. The Kier molecular flexibility index (Phi) is 5.25. The predicted molar refractivity (Wildman–Crippen MR) is 83.4 cm³/mol. The minimum Gasteiger partial charge on any atom is -0.431 e. The fourth-order valence-corrected chi connectivity index (χ4v) is 1.96. The topological polar surface area (TPSA) is 69.7 Å². The molecule has 0 N–H and O–H groups in total. The summed E-state index contributed by atoms with van der Waals surface area (Å²) in [5.74, 6) is -0.360. The molecule has 0 spiro atoms. The van der Waals surface area contributed by atoms with Gasteiger partial charge in [-0.1, -0.05) is 36.4 Å². The molecule has 0 aliphatic rings. The molecule has 0 aliphatic carbocycles. The summed E-state index contributed by atoms with van der Waals surface area (Å²) in [5, 5.41) is 0. The van der Waals surface area contributed by atoms with E-state index in [1.165, 1.54) is 24.3 Å². The summed E-state index contributed by atoms with van der Waals surface area (Å²) in [6.07, 6.45) is 0.499. The third kappa shape index (κ3) is 4.03. The van der Waals surface area contributed by atoms with Crippen molar-refractivity contribution in [1.29, 1.82) is 0 Å². The quantitative estimate of drug-likeness (QED) is 0.481. The molecule has 23 heavy (non-hydrogen) atoms. The molecule has 5 heteroatoms. The minimum atomic E-state index is -0.893. The van der Waals surface area contributed by atoms with Gasteiger partial charge in [0, 0.05) is 11.1 Å². The molecular weight excluding hydrogens is 296 g/mol. The van der Waals surface area contributed by atoms with Crippen molar-refractivity contribution < 1.29 is 23.9 Å². The molecule has 0 saturated heterocycles. The monoisotopic (exact) mass is 311 g/mol. The van der Waals surface area contributed by atoms with Crippen molar-refractivity contribution in [3.63, 3.8) is 0 Å². The maximum absolute atomic E-state index is 12.6. The molecule has 2 aromatic carbocycles. The molecule has 0 saturated carbocycles. The van der Waals surface area contributed by atoms with E-state index in [1.807, 2.05) is 0 Å². The van der Waals surface area contributed by atoms with Crippen LogP contribution in [0.4, 0.5) is 4.79 Å². The predicted octanol–water partition coefficient (Wildman–Crippen LogP) is 3.30. The van der Waals surface area contributed by atoms with Gasteiger partial charge in [0.1, 0.15) is 5.75 Å². The van der Waals surface area contributed by atoms with Crippen molar-refractivity contribution in [2.24, 2.45) is 0 Å². The van der Waals surface area contributed by atoms with Gasteiger partial charge in [0.25, 0.3) is 0 Å². The number of ketones is 1. The molecule has 117 valence electrons. The second-order valence-corrected chi connectivity index (χ2v) is 4.99. The molecule has 0 aliphatic heterocycles. The average molecular weight is 311 g/mol. The Balaban J connectivity index is 2.34. The van der Waals surface area contributed by atoms with Crippen LogP contribution in [0.2, 0.25) is 0 Å². The Bertz CT molecular complexity index is 734. The lowest BCUT2D eigenvalue weighted by Gasteiger charge is -2.11. The van der Waals surface area contributed by atoms with Crippen molar-refractivity contribution in [3.8, 4) is 5.75 Å². The minimum absolute atomic E-state index is 0.0730. The highest BCUT2D eigenvalue weighted by Gasteiger charge is 2.19. The highest BCUT2D eigenvalue weighted by atomic mass is 16.7. The van der Waals surface area contributed by atoms with E-state index in [0.717, 1.165) is 0 Å². The molecular formula is C18H15O5. The van der Waals surface area contributed by atoms with Crippen molar-refractivity contribution in [2.45, 2.75) is 20.0 Å². The van der Waals surface area contributed by atoms with Gasteiger partial charge < -0.3 is 9.47 Å². The SMILES string of the molecule is CC(C)OC(=O)Oc1ccccc1C(=O)c1ccccc1[C]=O. The first-order chi connectivity index (χ1) is 11.0. The Morgan fingerprint density at radius 3 is 2.22 bits per heavy atom. The molecule has 0 aromatic heterocycles. The van der Waals surface area contributed by atoms with E-state index < -0.39 is 11.9 Å². The van der Waals surface area contributed by atoms with Crippen LogP contribution < -0.4 is 4.74 Å². The number of rotatable bonds is 5. The average Bonchev–Trinajstić information content (AvgIpc) is 2.54. The molecule has 0 atom stereocenters. The number of hydrogen-bond donors (Lipinski definition) is 0. The summed E-state index contributed by atoms with van der Waals surface area (Å²) in [7, 11) is 0. The van der Waals surface area contributed by atoms with Gasteiger partial charge in [0.15, 0.2) is 5.78 Å². The lowest BCUT2D eigenvalue weighted by atomic mass is 9.98. The molecule has 0 amide bonds. The van der Waals surface area contributed by atoms with Gasteiger partial charge in [-0.2, -0.15) is 0 Å². The molecule has 0 fully saturated rings. The van der Waals surface area contributed by atoms with Crippen molar-refractivity contribution in [1.82, 2.24) is 0 Å². The maximum atomic E-state index is 12.6. The molecule has 0 heterocycles. The van der Waals surface area contributed by atoms with Crippen LogP contribution in [-0.2, 0) is 9.53 Å². The summed E-state index contributed by atoms with van der Waals surface area (Å²) >= 11 is 0. The van der Waals surface area contributed by atoms with Crippen LogP contribution >= 0.6 is 0 Å². The summed E-state index contributed by atoms with van der Waals surface area (Å²) < 4.78 is 10.00. The van der Waals surface area contributed by atoms with Crippen LogP contribution in [0.15, 0.2) is 48.5 Å². The van der Waals surface area contributed by atoms with E-state index in [0.29, 0.717) is 0 Å². The van der Waals surface area contributed by atoms with Gasteiger partial charge in [0.05, 0.1) is 11.7 Å². The summed E-state index contributed by atoms with van der Waals surface area (Å²) in [6.45, 7) is 3.38. The van der Waals surface area contributed by atoms with Gasteiger partial charge in [0.2, 0.25) is 6.29 Å². The number of benzene rings is 2. The molecule has 1 radical (unpaired) electrons. The van der Waals surface area contributed by atoms with Crippen molar-refractivity contribution in [3.05, 3.63) is 65.2 Å². The molecule has 2 rings (SSSR count). The van der Waals surface area contributed by atoms with Crippen LogP contribution in [0.5, 0.6) is 5.75 Å². The number of carbonyl (C=O) groups excluding carboxylic acids is 3. The third-order valence-corrected chi connectivity index (χ3v) is 2.94. The molecule has 5 nitrogen and oxygen atoms in total. The smallest absolute Gasteiger partial charge is 0.431 e. The van der Waals surface area contributed by atoms with Crippen LogP contribution in [0.3, 0.4) is 0 Å². The zero-order chi connectivity index (χ0) is 16.8. The fourth-order valence-electron chi connectivity index (χ4n) is 1.96. The first-order valence-electron chi connectivity index (χ1n) is 7.02. The lowest BCUT2D eigenvalue weighted by molar-refractivity contribution is 0.0725. The zero-order valence-corrected chi connectivity index (χ0v) is 12.7. The van der Waals surface area contributed by atoms with E-state index in [1.54, 1.807) is 44.4 Å². The number of hydrogen-bond acceptors (Lipinski definition) is 5. The fraction of sp³-hybridized carbons (Fsp3) is 0.167. The zero-order valence-electron chi connectivity index (χ0n) is 12.7. The second-order valence-electron chi connectivity index (χ2n) is 4.99. The van der Waals surface area contributed by atoms with E-state index in [4.69, 9.17) is 9.47 Å². The number of ether oxygens (including phenoxy) is 2. The Morgan fingerprint density at radius 2 is 1.57 bits per heavy atom. The standard InChI is InChI=1S/C18H15O5/c1-12(2)22-18(21)23-16-10-6-5-9-15(16)17(20)14-8-4-3-7-13(14)11-19/h3-10,12H,1-2H3. The Morgan fingerprint density at radius 1 is 0.957 bits per heavy atom. The van der Waals surface area contributed by atoms with E-state index in [2.05, 4.69) is 0 Å². The van der Waals surface area contributed by atoms with Gasteiger partial charge in [-0.3, -0.25) is 9.59 Å².